The van der Waals surface area contributed by atoms with Crippen molar-refractivity contribution < 1.29 is 31.9 Å². The number of carbonyl (C=O) groups is 3. The molecule has 4 rings (SSSR count). The second-order valence-electron chi connectivity index (χ2n) is 9.46. The zero-order chi connectivity index (χ0) is 28.2. The Balaban J connectivity index is 1.73. The van der Waals surface area contributed by atoms with Gasteiger partial charge in [-0.3, -0.25) is 14.5 Å². The Kier molecular flexibility index (Phi) is 9.08. The number of likely N-dealkylation sites (N-methyl/N-ethyl adjacent to an activating group) is 1. The zero-order valence-corrected chi connectivity index (χ0v) is 23.0. The highest BCUT2D eigenvalue weighted by atomic mass is 35.5. The van der Waals surface area contributed by atoms with Crippen LogP contribution in [0.4, 0.5) is 14.9 Å². The molecule has 39 heavy (non-hydrogen) atoms. The van der Waals surface area contributed by atoms with Gasteiger partial charge in [0.2, 0.25) is 11.8 Å². The van der Waals surface area contributed by atoms with Gasteiger partial charge >= 0.3 is 16.3 Å². The van der Waals surface area contributed by atoms with Crippen LogP contribution >= 0.6 is 11.6 Å². The molecule has 1 heterocycles. The molecule has 1 aliphatic carbocycles. The molecule has 1 saturated carbocycles. The van der Waals surface area contributed by atoms with Crippen LogP contribution < -0.4 is 10.2 Å². The number of rotatable bonds is 9. The highest BCUT2D eigenvalue weighted by molar-refractivity contribution is 7.87. The van der Waals surface area contributed by atoms with Crippen LogP contribution in [-0.4, -0.2) is 67.7 Å². The van der Waals surface area contributed by atoms with Gasteiger partial charge in [-0.15, -0.1) is 0 Å². The summed E-state index contributed by atoms with van der Waals surface area (Å²) in [6, 6.07) is 10.2. The van der Waals surface area contributed by atoms with Crippen molar-refractivity contribution >= 4 is 45.4 Å². The van der Waals surface area contributed by atoms with Gasteiger partial charge in [0, 0.05) is 29.4 Å². The quantitative estimate of drug-likeness (QED) is 0.484. The van der Waals surface area contributed by atoms with E-state index >= 15 is 0 Å². The van der Waals surface area contributed by atoms with Crippen molar-refractivity contribution in [1.29, 1.82) is 0 Å². The van der Waals surface area contributed by atoms with Crippen molar-refractivity contribution in [2.24, 2.45) is 0 Å². The Hall–Kier alpha value is -3.22. The van der Waals surface area contributed by atoms with E-state index in [1.165, 1.54) is 18.2 Å². The third kappa shape index (κ3) is 6.51. The van der Waals surface area contributed by atoms with Gasteiger partial charge in [-0.05, 0) is 37.1 Å². The Morgan fingerprint density at radius 1 is 1.15 bits per heavy atom. The molecular formula is C26H30ClFN4O6S. The highest BCUT2D eigenvalue weighted by Crippen LogP contribution is 2.33. The fourth-order valence-corrected chi connectivity index (χ4v) is 6.19. The Labute approximate surface area is 231 Å². The van der Waals surface area contributed by atoms with Gasteiger partial charge in [-0.1, -0.05) is 55.1 Å². The van der Waals surface area contributed by atoms with Gasteiger partial charge in [0.25, 0.3) is 0 Å². The van der Waals surface area contributed by atoms with E-state index < -0.39 is 46.5 Å². The second kappa shape index (κ2) is 12.3. The smallest absolute Gasteiger partial charge is 0.424 e. The Morgan fingerprint density at radius 2 is 1.87 bits per heavy atom. The molecule has 13 heteroatoms. The summed E-state index contributed by atoms with van der Waals surface area (Å²) < 4.78 is 46.3. The number of benzene rings is 2. The van der Waals surface area contributed by atoms with E-state index in [1.54, 1.807) is 24.3 Å². The summed E-state index contributed by atoms with van der Waals surface area (Å²) in [6.45, 7) is -1.05. The standard InChI is InChI=1S/C26H30ClFN4O6S/c1-30(39(36,37)31-14-15-38-26(31)35)17-23(33)32(20-11-7-8-18(28)16-20)24(21-12-5-6-13-22(21)27)25(34)29-19-9-3-2-4-10-19/h5-8,11-13,16,19,24H,2-4,9-10,14-15,17H2,1H3,(H,29,34). The molecule has 0 bridgehead atoms. The summed E-state index contributed by atoms with van der Waals surface area (Å²) in [7, 11) is -3.27. The molecular weight excluding hydrogens is 551 g/mol. The first kappa shape index (κ1) is 28.8. The largest absolute Gasteiger partial charge is 0.447 e. The normalized spacial score (nSPS) is 17.1. The number of anilines is 1. The number of amides is 3. The predicted molar refractivity (Wildman–Crippen MR) is 143 cm³/mol. The van der Waals surface area contributed by atoms with Crippen LogP contribution in [0.5, 0.6) is 0 Å². The number of cyclic esters (lactones) is 1. The zero-order valence-electron chi connectivity index (χ0n) is 21.4. The van der Waals surface area contributed by atoms with Gasteiger partial charge in [0.1, 0.15) is 18.5 Å². The topological polar surface area (TPSA) is 116 Å². The van der Waals surface area contributed by atoms with Crippen molar-refractivity contribution in [1.82, 2.24) is 13.9 Å². The van der Waals surface area contributed by atoms with Crippen LogP contribution in [0.3, 0.4) is 0 Å². The SMILES string of the molecule is CN(CC(=O)N(c1cccc(F)c1)C(C(=O)NC1CCCCC1)c1ccccc1Cl)S(=O)(=O)N1CCOC1=O. The monoisotopic (exact) mass is 580 g/mol. The molecule has 210 valence electrons. The first-order valence-electron chi connectivity index (χ1n) is 12.6. The average Bonchev–Trinajstić information content (AvgIpc) is 3.35. The molecule has 0 radical (unpaired) electrons. The number of nitrogens with zero attached hydrogens (tertiary/aromatic N) is 3. The lowest BCUT2D eigenvalue weighted by atomic mass is 9.94. The first-order chi connectivity index (χ1) is 18.6. The second-order valence-corrected chi connectivity index (χ2v) is 11.8. The average molecular weight is 581 g/mol. The van der Waals surface area contributed by atoms with E-state index in [1.807, 2.05) is 0 Å². The first-order valence-corrected chi connectivity index (χ1v) is 14.4. The molecule has 1 saturated heterocycles. The molecule has 2 aromatic carbocycles. The van der Waals surface area contributed by atoms with Crippen LogP contribution in [-0.2, 0) is 24.5 Å². The molecule has 0 aromatic heterocycles. The fraction of sp³-hybridized carbons (Fsp3) is 0.423. The minimum absolute atomic E-state index is 0.0371. The molecule has 1 atom stereocenters. The molecule has 3 amide bonds. The van der Waals surface area contributed by atoms with Crippen LogP contribution in [0.2, 0.25) is 5.02 Å². The molecule has 2 aliphatic rings. The summed E-state index contributed by atoms with van der Waals surface area (Å²) in [5, 5.41) is 3.22. The van der Waals surface area contributed by atoms with Crippen molar-refractivity contribution in [3.63, 3.8) is 0 Å². The van der Waals surface area contributed by atoms with Crippen LogP contribution in [0.15, 0.2) is 48.5 Å². The lowest BCUT2D eigenvalue weighted by molar-refractivity contribution is -0.127. The number of carbonyl (C=O) groups excluding carboxylic acids is 3. The lowest BCUT2D eigenvalue weighted by Crippen LogP contribution is -2.51. The third-order valence-corrected chi connectivity index (χ3v) is 8.92. The van der Waals surface area contributed by atoms with Gasteiger partial charge in [-0.2, -0.15) is 17.0 Å². The molecule has 1 aliphatic heterocycles. The van der Waals surface area contributed by atoms with Crippen LogP contribution in [0, 0.1) is 5.82 Å². The number of hydrogen-bond donors (Lipinski definition) is 1. The minimum atomic E-state index is -4.40. The van der Waals surface area contributed by atoms with Gasteiger partial charge in [-0.25, -0.2) is 9.18 Å². The molecule has 0 spiro atoms. The molecule has 2 fully saturated rings. The van der Waals surface area contributed by atoms with Crippen LogP contribution in [0.25, 0.3) is 0 Å². The Bertz CT molecular complexity index is 1340. The number of hydrogen-bond acceptors (Lipinski definition) is 6. The van der Waals surface area contributed by atoms with Gasteiger partial charge in [0.05, 0.1) is 13.1 Å². The van der Waals surface area contributed by atoms with Crippen molar-refractivity contribution in [3.05, 3.63) is 64.9 Å². The minimum Gasteiger partial charge on any atom is -0.447 e. The summed E-state index contributed by atoms with van der Waals surface area (Å²) >= 11 is 6.50. The third-order valence-electron chi connectivity index (χ3n) is 6.77. The lowest BCUT2D eigenvalue weighted by Gasteiger charge is -2.34. The maximum Gasteiger partial charge on any atom is 0.424 e. The molecule has 1 N–H and O–H groups in total. The molecule has 2 aromatic rings. The molecule has 10 nitrogen and oxygen atoms in total. The number of nitrogens with one attached hydrogen (secondary N) is 1. The van der Waals surface area contributed by atoms with Crippen molar-refractivity contribution in [2.45, 2.75) is 44.2 Å². The Morgan fingerprint density at radius 3 is 2.51 bits per heavy atom. The summed E-state index contributed by atoms with van der Waals surface area (Å²) in [4.78, 5) is 40.7. The maximum absolute atomic E-state index is 14.4. The van der Waals surface area contributed by atoms with E-state index in [0.717, 1.165) is 50.1 Å². The highest BCUT2D eigenvalue weighted by Gasteiger charge is 2.40. The van der Waals surface area contributed by atoms with E-state index in [2.05, 4.69) is 5.32 Å². The van der Waals surface area contributed by atoms with Gasteiger partial charge < -0.3 is 10.1 Å². The van der Waals surface area contributed by atoms with E-state index in [9.17, 15) is 27.2 Å². The summed E-state index contributed by atoms with van der Waals surface area (Å²) in [5.74, 6) is -2.01. The van der Waals surface area contributed by atoms with E-state index in [0.29, 0.717) is 14.2 Å². The maximum atomic E-state index is 14.4. The summed E-state index contributed by atoms with van der Waals surface area (Å²) in [5.41, 5.74) is 0.328. The van der Waals surface area contributed by atoms with E-state index in [-0.39, 0.29) is 29.9 Å². The predicted octanol–water partition coefficient (Wildman–Crippen LogP) is 3.63. The number of ether oxygens (including phenoxy) is 1. The summed E-state index contributed by atoms with van der Waals surface area (Å²) in [6.07, 6.45) is 3.49. The number of halogens is 2. The van der Waals surface area contributed by atoms with Crippen LogP contribution in [0.1, 0.15) is 43.7 Å². The van der Waals surface area contributed by atoms with Crippen molar-refractivity contribution in [2.75, 3.05) is 31.6 Å². The van der Waals surface area contributed by atoms with Gasteiger partial charge in [0.15, 0.2) is 0 Å². The van der Waals surface area contributed by atoms with E-state index in [4.69, 9.17) is 16.3 Å². The van der Waals surface area contributed by atoms with Crippen molar-refractivity contribution in [3.8, 4) is 0 Å². The molecule has 1 unspecified atom stereocenters. The fourth-order valence-electron chi connectivity index (χ4n) is 4.79.